The minimum Gasteiger partial charge on any atom is -0.501 e. The van der Waals surface area contributed by atoms with Crippen molar-refractivity contribution >= 4 is 29.2 Å². The number of hydrogen-bond acceptors (Lipinski definition) is 5. The van der Waals surface area contributed by atoms with Crippen molar-refractivity contribution in [1.29, 1.82) is 0 Å². The molecule has 0 radical (unpaired) electrons. The van der Waals surface area contributed by atoms with E-state index in [2.05, 4.69) is 4.98 Å². The Morgan fingerprint density at radius 1 is 1.32 bits per heavy atom. The summed E-state index contributed by atoms with van der Waals surface area (Å²) >= 11 is 12.0. The van der Waals surface area contributed by atoms with Gasteiger partial charge in [-0.05, 0) is 49.2 Å². The van der Waals surface area contributed by atoms with Gasteiger partial charge in [-0.25, -0.2) is 4.98 Å². The van der Waals surface area contributed by atoms with Crippen molar-refractivity contribution < 1.29 is 27.8 Å². The highest BCUT2D eigenvalue weighted by Crippen LogP contribution is 2.54. The number of imidazole rings is 1. The summed E-state index contributed by atoms with van der Waals surface area (Å²) in [4.78, 5) is 16.9. The molecule has 2 aliphatic rings. The lowest BCUT2D eigenvalue weighted by molar-refractivity contribution is -0.150. The number of allylic oxidation sites excluding steroid dienone is 3. The molecule has 0 saturated carbocycles. The molecule has 1 aliphatic heterocycles. The van der Waals surface area contributed by atoms with Crippen LogP contribution in [0.15, 0.2) is 42.2 Å². The number of fused-ring (bicyclic) bond motifs is 3. The Bertz CT molecular complexity index is 1250. The number of halogens is 4. The normalized spacial score (nSPS) is 25.1. The zero-order valence-corrected chi connectivity index (χ0v) is 22.9. The fourth-order valence-corrected chi connectivity index (χ4v) is 5.55. The topological polar surface area (TPSA) is 62.6 Å². The highest BCUT2D eigenvalue weighted by Gasteiger charge is 2.49. The molecule has 0 fully saturated rings. The molecule has 0 N–H and O–H groups in total. The van der Waals surface area contributed by atoms with Crippen molar-refractivity contribution in [2.45, 2.75) is 58.1 Å². The van der Waals surface area contributed by atoms with Crippen LogP contribution in [0.3, 0.4) is 0 Å². The van der Waals surface area contributed by atoms with Gasteiger partial charge in [-0.2, -0.15) is 8.78 Å². The summed E-state index contributed by atoms with van der Waals surface area (Å²) in [5.41, 5.74) is 0.990. The van der Waals surface area contributed by atoms with Gasteiger partial charge >= 0.3 is 11.4 Å². The highest BCUT2D eigenvalue weighted by atomic mass is 35.5. The molecule has 0 saturated heterocycles. The van der Waals surface area contributed by atoms with Crippen LogP contribution >= 0.6 is 23.2 Å². The molecular weight excluding hydrogens is 525 g/mol. The molecule has 0 spiro atoms. The van der Waals surface area contributed by atoms with Gasteiger partial charge in [-0.1, -0.05) is 44.5 Å². The summed E-state index contributed by atoms with van der Waals surface area (Å²) in [5, 5.41) is -3.37. The molecule has 2 aromatic rings. The molecule has 200 valence electrons. The van der Waals surface area contributed by atoms with Crippen molar-refractivity contribution in [1.82, 2.24) is 9.55 Å². The third-order valence-electron chi connectivity index (χ3n) is 7.23. The summed E-state index contributed by atoms with van der Waals surface area (Å²) in [6, 6.07) is 4.99. The molecule has 2 heterocycles. The molecule has 2 unspecified atom stereocenters. The third kappa shape index (κ3) is 4.91. The van der Waals surface area contributed by atoms with Gasteiger partial charge in [0.05, 0.1) is 49.1 Å². The minimum absolute atomic E-state index is 0.155. The van der Waals surface area contributed by atoms with Crippen molar-refractivity contribution in [3.05, 3.63) is 70.0 Å². The molecule has 0 amide bonds. The molecule has 4 rings (SSSR count). The number of nitrogens with zero attached hydrogens (tertiary/aromatic N) is 2. The Labute approximate surface area is 225 Å². The van der Waals surface area contributed by atoms with Gasteiger partial charge in [0.25, 0.3) is 0 Å². The van der Waals surface area contributed by atoms with Gasteiger partial charge in [0.1, 0.15) is 6.10 Å². The van der Waals surface area contributed by atoms with E-state index in [0.29, 0.717) is 34.1 Å². The van der Waals surface area contributed by atoms with E-state index < -0.39 is 34.8 Å². The molecule has 1 aliphatic carbocycles. The summed E-state index contributed by atoms with van der Waals surface area (Å²) < 4.78 is 48.5. The van der Waals surface area contributed by atoms with Crippen LogP contribution in [-0.2, 0) is 30.8 Å². The molecule has 10 heteroatoms. The maximum Gasteiger partial charge on any atom is 0.380 e. The van der Waals surface area contributed by atoms with Gasteiger partial charge in [-0.15, -0.1) is 0 Å². The van der Waals surface area contributed by atoms with E-state index in [1.165, 1.54) is 4.57 Å². The molecule has 0 bridgehead atoms. The Morgan fingerprint density at radius 2 is 2.05 bits per heavy atom. The summed E-state index contributed by atoms with van der Waals surface area (Å²) in [5.74, 6) is -0.568. The Hall–Kier alpha value is -2.42. The van der Waals surface area contributed by atoms with Gasteiger partial charge in [-0.3, -0.25) is 9.36 Å². The number of aromatic nitrogens is 2. The number of methoxy groups -OCH3 is 1. The second-order valence-electron chi connectivity index (χ2n) is 9.39. The Balaban J connectivity index is 2.02. The standard InChI is InChI=1S/C27H30Cl2F2N2O4/c1-6-18-23-21(14-22(34)36-7-2)37-24(26(4)12-8-9-20(35-5)15(26)3)17-13-16(28)10-11-19(17)33(23)25(32-18)27(29,30)31/h8-13,15,21,24H,6-7,14H2,1-5H3/t15?,21-,24+,26?/m1/s1. The molecule has 4 atom stereocenters. The van der Waals surface area contributed by atoms with E-state index in [0.717, 1.165) is 5.76 Å². The Morgan fingerprint density at radius 3 is 2.68 bits per heavy atom. The number of ether oxygens (including phenoxy) is 3. The summed E-state index contributed by atoms with van der Waals surface area (Å²) in [6.07, 6.45) is 4.25. The third-order valence-corrected chi connectivity index (χ3v) is 7.63. The van der Waals surface area contributed by atoms with Crippen LogP contribution in [0.2, 0.25) is 5.02 Å². The quantitative estimate of drug-likeness (QED) is 0.268. The van der Waals surface area contributed by atoms with E-state index >= 15 is 0 Å². The molecule has 6 nitrogen and oxygen atoms in total. The predicted molar refractivity (Wildman–Crippen MR) is 137 cm³/mol. The number of benzene rings is 1. The zero-order chi connectivity index (χ0) is 27.1. The van der Waals surface area contributed by atoms with E-state index in [9.17, 15) is 13.6 Å². The SMILES string of the molecule is CCOC(=O)C[C@H]1O[C@H](C2(C)C=CC=C(OC)C2C)c2cc(Cl)ccc2-n2c(C(F)(F)Cl)nc(CC)c21. The van der Waals surface area contributed by atoms with E-state index in [1.54, 1.807) is 39.2 Å². The monoisotopic (exact) mass is 554 g/mol. The fourth-order valence-electron chi connectivity index (χ4n) is 5.25. The number of aryl methyl sites for hydroxylation is 1. The number of alkyl halides is 3. The Kier molecular flexibility index (Phi) is 7.75. The second kappa shape index (κ2) is 10.4. The number of hydrogen-bond donors (Lipinski definition) is 0. The van der Waals surface area contributed by atoms with Crippen molar-refractivity contribution in [3.63, 3.8) is 0 Å². The van der Waals surface area contributed by atoms with Crippen LogP contribution in [0, 0.1) is 11.3 Å². The second-order valence-corrected chi connectivity index (χ2v) is 10.3. The van der Waals surface area contributed by atoms with Crippen LogP contribution in [-0.4, -0.2) is 29.2 Å². The molecular formula is C27H30Cl2F2N2O4. The lowest BCUT2D eigenvalue weighted by Gasteiger charge is -2.43. The van der Waals surface area contributed by atoms with Crippen molar-refractivity contribution in [2.24, 2.45) is 11.3 Å². The van der Waals surface area contributed by atoms with E-state index in [4.69, 9.17) is 37.4 Å². The van der Waals surface area contributed by atoms with Gasteiger partial charge in [0.15, 0.2) is 0 Å². The van der Waals surface area contributed by atoms with Gasteiger partial charge < -0.3 is 14.2 Å². The fraction of sp³-hybridized carbons (Fsp3) is 0.481. The lowest BCUT2D eigenvalue weighted by Crippen LogP contribution is -2.36. The smallest absolute Gasteiger partial charge is 0.380 e. The number of carbonyl (C=O) groups excluding carboxylic acids is 1. The highest BCUT2D eigenvalue weighted by molar-refractivity contribution is 6.30. The summed E-state index contributed by atoms with van der Waals surface area (Å²) in [7, 11) is 1.60. The van der Waals surface area contributed by atoms with Gasteiger partial charge in [0, 0.05) is 21.9 Å². The predicted octanol–water partition coefficient (Wildman–Crippen LogP) is 7.18. The maximum atomic E-state index is 14.8. The number of esters is 1. The first kappa shape index (κ1) is 27.6. The average molecular weight is 555 g/mol. The van der Waals surface area contributed by atoms with Crippen molar-refractivity contribution in [3.8, 4) is 5.69 Å². The van der Waals surface area contributed by atoms with Crippen LogP contribution in [0.25, 0.3) is 5.69 Å². The number of rotatable bonds is 7. The first-order chi connectivity index (χ1) is 17.5. The average Bonchev–Trinajstić information content (AvgIpc) is 3.18. The van der Waals surface area contributed by atoms with Crippen molar-refractivity contribution in [2.75, 3.05) is 13.7 Å². The summed E-state index contributed by atoms with van der Waals surface area (Å²) in [6.45, 7) is 7.70. The minimum atomic E-state index is -3.78. The largest absolute Gasteiger partial charge is 0.501 e. The zero-order valence-electron chi connectivity index (χ0n) is 21.4. The van der Waals surface area contributed by atoms with Crippen LogP contribution in [0.4, 0.5) is 8.78 Å². The molecule has 1 aromatic heterocycles. The first-order valence-electron chi connectivity index (χ1n) is 12.2. The maximum absolute atomic E-state index is 14.8. The first-order valence-corrected chi connectivity index (χ1v) is 12.9. The van der Waals surface area contributed by atoms with E-state index in [-0.39, 0.29) is 18.9 Å². The van der Waals surface area contributed by atoms with Crippen LogP contribution in [0.1, 0.15) is 69.1 Å². The number of carbonyl (C=O) groups is 1. The molecule has 1 aromatic carbocycles. The van der Waals surface area contributed by atoms with Gasteiger partial charge in [0.2, 0.25) is 5.82 Å². The van der Waals surface area contributed by atoms with Crippen LogP contribution < -0.4 is 0 Å². The lowest BCUT2D eigenvalue weighted by atomic mass is 9.68. The molecule has 37 heavy (non-hydrogen) atoms. The van der Waals surface area contributed by atoms with E-state index in [1.807, 2.05) is 32.1 Å². The van der Waals surface area contributed by atoms with Crippen LogP contribution in [0.5, 0.6) is 0 Å².